The molecule has 0 aliphatic heterocycles. The van der Waals surface area contributed by atoms with E-state index in [9.17, 15) is 14.4 Å². The van der Waals surface area contributed by atoms with Crippen molar-refractivity contribution in [2.24, 2.45) is 0 Å². The number of carboxylic acids is 1. The molecule has 0 bridgehead atoms. The fourth-order valence-corrected chi connectivity index (χ4v) is 1.84. The van der Waals surface area contributed by atoms with Crippen LogP contribution < -0.4 is 5.32 Å². The Bertz CT molecular complexity index is 324. The number of carboxylic acid groups (broad SMARTS) is 1. The highest BCUT2D eigenvalue weighted by Crippen LogP contribution is 2.02. The number of nitrogens with one attached hydrogen (secondary N) is 1. The molecule has 0 heterocycles. The summed E-state index contributed by atoms with van der Waals surface area (Å²) in [7, 11) is 0. The Balaban J connectivity index is 4.07. The van der Waals surface area contributed by atoms with Gasteiger partial charge in [-0.1, -0.05) is 26.7 Å². The fourth-order valence-electron chi connectivity index (χ4n) is 1.84. The summed E-state index contributed by atoms with van der Waals surface area (Å²) >= 11 is 0. The third-order valence-corrected chi connectivity index (χ3v) is 3.14. The molecule has 6 nitrogen and oxygen atoms in total. The summed E-state index contributed by atoms with van der Waals surface area (Å²) in [5, 5.41) is 10.9. The molecule has 0 atom stereocenters. The minimum absolute atomic E-state index is 0.0559. The highest BCUT2D eigenvalue weighted by atomic mass is 16.4. The van der Waals surface area contributed by atoms with Crippen molar-refractivity contribution in [3.63, 3.8) is 0 Å². The topological polar surface area (TPSA) is 86.7 Å². The number of urea groups is 1. The number of unbranched alkanes of at least 4 members (excludes halogenated alkanes) is 3. The molecule has 0 aliphatic rings. The summed E-state index contributed by atoms with van der Waals surface area (Å²) in [4.78, 5) is 35.7. The number of amides is 3. The summed E-state index contributed by atoms with van der Waals surface area (Å²) in [6.45, 7) is 5.44. The molecule has 0 aromatic carbocycles. The van der Waals surface area contributed by atoms with Crippen molar-refractivity contribution < 1.29 is 19.5 Å². The second-order valence-corrected chi connectivity index (χ2v) is 5.15. The molecule has 0 saturated heterocycles. The van der Waals surface area contributed by atoms with E-state index in [1.807, 2.05) is 0 Å². The van der Waals surface area contributed by atoms with E-state index in [2.05, 4.69) is 19.2 Å². The molecule has 0 radical (unpaired) electrons. The first-order valence-electron chi connectivity index (χ1n) is 7.81. The number of carbonyl (C=O) groups excluding carboxylic acids is 2. The van der Waals surface area contributed by atoms with Crippen LogP contribution in [0.3, 0.4) is 0 Å². The molecule has 0 spiro atoms. The van der Waals surface area contributed by atoms with Crippen LogP contribution in [-0.4, -0.2) is 41.0 Å². The zero-order valence-electron chi connectivity index (χ0n) is 13.2. The lowest BCUT2D eigenvalue weighted by molar-refractivity contribution is -0.137. The monoisotopic (exact) mass is 300 g/mol. The lowest BCUT2D eigenvalue weighted by Crippen LogP contribution is -2.43. The van der Waals surface area contributed by atoms with Gasteiger partial charge in [0.05, 0.1) is 0 Å². The van der Waals surface area contributed by atoms with Crippen molar-refractivity contribution in [1.82, 2.24) is 10.2 Å². The van der Waals surface area contributed by atoms with Gasteiger partial charge in [0.2, 0.25) is 5.91 Å². The number of carbonyl (C=O) groups is 3. The Morgan fingerprint density at radius 3 is 1.90 bits per heavy atom. The Hall–Kier alpha value is -1.59. The molecule has 0 fully saturated rings. The summed E-state index contributed by atoms with van der Waals surface area (Å²) < 4.78 is 0. The average Bonchev–Trinajstić information content (AvgIpc) is 2.43. The van der Waals surface area contributed by atoms with Crippen LogP contribution in [0, 0.1) is 0 Å². The maximum Gasteiger partial charge on any atom is 0.324 e. The van der Waals surface area contributed by atoms with Crippen LogP contribution in [0.15, 0.2) is 0 Å². The van der Waals surface area contributed by atoms with E-state index < -0.39 is 5.97 Å². The fraction of sp³-hybridized carbons (Fsp3) is 0.800. The zero-order chi connectivity index (χ0) is 16.1. The third kappa shape index (κ3) is 10.8. The van der Waals surface area contributed by atoms with Crippen LogP contribution in [0.1, 0.15) is 65.2 Å². The molecular weight excluding hydrogens is 272 g/mol. The molecule has 0 unspecified atom stereocenters. The van der Waals surface area contributed by atoms with Gasteiger partial charge in [-0.05, 0) is 25.7 Å². The van der Waals surface area contributed by atoms with Gasteiger partial charge in [-0.2, -0.15) is 0 Å². The molecule has 3 amide bonds. The second kappa shape index (κ2) is 12.2. The van der Waals surface area contributed by atoms with Gasteiger partial charge >= 0.3 is 12.0 Å². The van der Waals surface area contributed by atoms with Gasteiger partial charge in [-0.15, -0.1) is 0 Å². The van der Waals surface area contributed by atoms with E-state index in [1.54, 1.807) is 4.90 Å². The van der Waals surface area contributed by atoms with E-state index >= 15 is 0 Å². The van der Waals surface area contributed by atoms with E-state index in [0.717, 1.165) is 25.7 Å². The average molecular weight is 300 g/mol. The Morgan fingerprint density at radius 1 is 0.905 bits per heavy atom. The van der Waals surface area contributed by atoms with Gasteiger partial charge in [0.25, 0.3) is 0 Å². The quantitative estimate of drug-likeness (QED) is 0.574. The summed E-state index contributed by atoms with van der Waals surface area (Å²) in [6.07, 6.45) is 5.02. The van der Waals surface area contributed by atoms with Gasteiger partial charge in [0, 0.05) is 25.9 Å². The number of hydrogen-bond donors (Lipinski definition) is 2. The summed E-state index contributed by atoms with van der Waals surface area (Å²) in [5.41, 5.74) is 0. The number of nitrogens with zero attached hydrogens (tertiary/aromatic N) is 1. The minimum atomic E-state index is -0.864. The van der Waals surface area contributed by atoms with Crippen molar-refractivity contribution in [2.75, 3.05) is 13.1 Å². The maximum absolute atomic E-state index is 12.0. The molecule has 0 rings (SSSR count). The van der Waals surface area contributed by atoms with Crippen LogP contribution in [0.2, 0.25) is 0 Å². The normalized spacial score (nSPS) is 10.2. The third-order valence-electron chi connectivity index (χ3n) is 3.14. The van der Waals surface area contributed by atoms with Crippen LogP contribution in [0.5, 0.6) is 0 Å². The highest BCUT2D eigenvalue weighted by molar-refractivity contribution is 5.94. The van der Waals surface area contributed by atoms with E-state index in [1.165, 1.54) is 0 Å². The zero-order valence-corrected chi connectivity index (χ0v) is 13.2. The van der Waals surface area contributed by atoms with Gasteiger partial charge in [-0.3, -0.25) is 14.9 Å². The SMILES string of the molecule is CCCCN(CCCC)C(=O)NC(=O)CCCCC(=O)O. The predicted molar refractivity (Wildman–Crippen MR) is 81.0 cm³/mol. The minimum Gasteiger partial charge on any atom is -0.481 e. The lowest BCUT2D eigenvalue weighted by atomic mass is 10.2. The van der Waals surface area contributed by atoms with E-state index in [-0.39, 0.29) is 24.8 Å². The van der Waals surface area contributed by atoms with Gasteiger partial charge in [0.15, 0.2) is 0 Å². The molecule has 0 aromatic rings. The number of hydrogen-bond acceptors (Lipinski definition) is 3. The van der Waals surface area contributed by atoms with Gasteiger partial charge in [-0.25, -0.2) is 4.79 Å². The molecule has 122 valence electrons. The van der Waals surface area contributed by atoms with Crippen molar-refractivity contribution in [2.45, 2.75) is 65.2 Å². The van der Waals surface area contributed by atoms with Crippen molar-refractivity contribution in [3.8, 4) is 0 Å². The molecule has 21 heavy (non-hydrogen) atoms. The molecule has 2 N–H and O–H groups in total. The van der Waals surface area contributed by atoms with Crippen LogP contribution >= 0.6 is 0 Å². The number of imide groups is 1. The number of aliphatic carboxylic acids is 1. The molecule has 0 saturated carbocycles. The van der Waals surface area contributed by atoms with Crippen LogP contribution in [0.4, 0.5) is 4.79 Å². The first kappa shape index (κ1) is 19.4. The number of rotatable bonds is 11. The van der Waals surface area contributed by atoms with Crippen LogP contribution in [-0.2, 0) is 9.59 Å². The lowest BCUT2D eigenvalue weighted by Gasteiger charge is -2.22. The Kier molecular flexibility index (Phi) is 11.3. The van der Waals surface area contributed by atoms with Crippen LogP contribution in [0.25, 0.3) is 0 Å². The van der Waals surface area contributed by atoms with E-state index in [0.29, 0.717) is 25.9 Å². The smallest absolute Gasteiger partial charge is 0.324 e. The maximum atomic E-state index is 12.0. The van der Waals surface area contributed by atoms with Crippen molar-refractivity contribution in [3.05, 3.63) is 0 Å². The molecule has 6 heteroatoms. The first-order chi connectivity index (χ1) is 10.0. The highest BCUT2D eigenvalue weighted by Gasteiger charge is 2.15. The first-order valence-corrected chi connectivity index (χ1v) is 7.81. The largest absolute Gasteiger partial charge is 0.481 e. The molecule has 0 aliphatic carbocycles. The summed E-state index contributed by atoms with van der Waals surface area (Å²) in [5.74, 6) is -1.19. The Labute approximate surface area is 126 Å². The van der Waals surface area contributed by atoms with E-state index in [4.69, 9.17) is 5.11 Å². The van der Waals surface area contributed by atoms with Crippen molar-refractivity contribution in [1.29, 1.82) is 0 Å². The second-order valence-electron chi connectivity index (χ2n) is 5.15. The van der Waals surface area contributed by atoms with Gasteiger partial charge < -0.3 is 10.0 Å². The molecule has 0 aromatic heterocycles. The standard InChI is InChI=1S/C15H28N2O4/c1-3-5-11-17(12-6-4-2)15(21)16-13(18)9-7-8-10-14(19)20/h3-12H2,1-2H3,(H,19,20)(H,16,18,21). The van der Waals surface area contributed by atoms with Gasteiger partial charge in [0.1, 0.15) is 0 Å². The summed E-state index contributed by atoms with van der Waals surface area (Å²) in [6, 6.07) is -0.333. The Morgan fingerprint density at radius 2 is 1.43 bits per heavy atom. The van der Waals surface area contributed by atoms with Crippen molar-refractivity contribution >= 4 is 17.9 Å². The predicted octanol–water partition coefficient (Wildman–Crippen LogP) is 2.77. The molecular formula is C15H28N2O4.